The number of nitriles is 2. The summed E-state index contributed by atoms with van der Waals surface area (Å²) in [7, 11) is 0. The predicted octanol–water partition coefficient (Wildman–Crippen LogP) is 8.39. The Morgan fingerprint density at radius 1 is 0.447 bits per heavy atom. The molecule has 0 radical (unpaired) electrons. The van der Waals surface area contributed by atoms with Gasteiger partial charge in [0, 0.05) is 17.4 Å². The average molecular weight is 481 g/mol. The summed E-state index contributed by atoms with van der Waals surface area (Å²) in [6.07, 6.45) is 0. The van der Waals surface area contributed by atoms with Crippen LogP contribution in [-0.2, 0) is 0 Å². The maximum absolute atomic E-state index is 10.4. The highest BCUT2D eigenvalue weighted by molar-refractivity contribution is 6.12. The third-order valence-electron chi connectivity index (χ3n) is 8.50. The van der Waals surface area contributed by atoms with Crippen molar-refractivity contribution < 1.29 is 0 Å². The fourth-order valence-corrected chi connectivity index (χ4v) is 6.92. The summed E-state index contributed by atoms with van der Waals surface area (Å²) in [5.74, 6) is 0.100. The van der Waals surface area contributed by atoms with E-state index in [1.54, 1.807) is 0 Å². The van der Waals surface area contributed by atoms with Crippen LogP contribution in [0.4, 0.5) is 0 Å². The molecular weight excluding hydrogens is 460 g/mol. The van der Waals surface area contributed by atoms with Crippen LogP contribution >= 0.6 is 0 Å². The van der Waals surface area contributed by atoms with Crippen LogP contribution in [0.15, 0.2) is 109 Å². The average Bonchev–Trinajstić information content (AvgIpc) is 2.99. The molecule has 0 spiro atoms. The lowest BCUT2D eigenvalue weighted by Gasteiger charge is -2.42. The van der Waals surface area contributed by atoms with Crippen molar-refractivity contribution in [2.75, 3.05) is 0 Å². The van der Waals surface area contributed by atoms with Crippen LogP contribution in [-0.4, -0.2) is 0 Å². The highest BCUT2D eigenvalue weighted by Crippen LogP contribution is 2.56. The van der Waals surface area contributed by atoms with Gasteiger partial charge < -0.3 is 0 Å². The first-order valence-electron chi connectivity index (χ1n) is 12.9. The van der Waals surface area contributed by atoms with Gasteiger partial charge in [-0.3, -0.25) is 0 Å². The van der Waals surface area contributed by atoms with Crippen molar-refractivity contribution in [1.29, 1.82) is 10.5 Å². The lowest BCUT2D eigenvalue weighted by molar-refractivity contribution is 0.754. The first kappa shape index (κ1) is 21.0. The van der Waals surface area contributed by atoms with E-state index in [0.717, 1.165) is 16.5 Å². The highest BCUT2D eigenvalue weighted by atomic mass is 14.4. The van der Waals surface area contributed by atoms with Crippen molar-refractivity contribution in [3.05, 3.63) is 154 Å². The molecule has 0 saturated carbocycles. The number of nitrogens with zero attached hydrogens (tertiary/aromatic N) is 2. The summed E-state index contributed by atoms with van der Waals surface area (Å²) < 4.78 is 0. The Bertz CT molecular complexity index is 2070. The fourth-order valence-electron chi connectivity index (χ4n) is 6.92. The molecule has 0 saturated heterocycles. The maximum Gasteiger partial charge on any atom is 0.0998 e. The van der Waals surface area contributed by atoms with E-state index in [-0.39, 0.29) is 11.8 Å². The molecule has 3 aliphatic carbocycles. The minimum atomic E-state index is 0.0387. The van der Waals surface area contributed by atoms with E-state index in [9.17, 15) is 10.5 Å². The molecule has 2 nitrogen and oxygen atoms in total. The summed E-state index contributed by atoms with van der Waals surface area (Å²) >= 11 is 0. The van der Waals surface area contributed by atoms with Gasteiger partial charge in [-0.05, 0) is 84.8 Å². The van der Waals surface area contributed by atoms with Crippen LogP contribution in [0.2, 0.25) is 0 Å². The van der Waals surface area contributed by atoms with Crippen LogP contribution in [0.5, 0.6) is 0 Å². The van der Waals surface area contributed by atoms with Crippen LogP contribution < -0.4 is 0 Å². The van der Waals surface area contributed by atoms with Gasteiger partial charge in [-0.2, -0.15) is 10.5 Å². The quantitative estimate of drug-likeness (QED) is 0.222. The van der Waals surface area contributed by atoms with Crippen molar-refractivity contribution in [2.24, 2.45) is 0 Å². The van der Waals surface area contributed by atoms with E-state index in [1.807, 2.05) is 6.07 Å². The van der Waals surface area contributed by atoms with Gasteiger partial charge in [0.1, 0.15) is 0 Å². The molecule has 0 aromatic heterocycles. The zero-order valence-electron chi connectivity index (χ0n) is 20.4. The lowest BCUT2D eigenvalue weighted by Crippen LogP contribution is -2.27. The van der Waals surface area contributed by atoms with E-state index >= 15 is 0 Å². The smallest absolute Gasteiger partial charge is 0.0998 e. The third-order valence-corrected chi connectivity index (χ3v) is 8.50. The van der Waals surface area contributed by atoms with Crippen LogP contribution in [0.25, 0.3) is 32.7 Å². The van der Waals surface area contributed by atoms with Gasteiger partial charge in [0.15, 0.2) is 0 Å². The largest absolute Gasteiger partial charge is 0.192 e. The fraction of sp³-hybridized carbons (Fsp3) is 0.0556. The zero-order chi connectivity index (χ0) is 25.4. The van der Waals surface area contributed by atoms with Crippen molar-refractivity contribution >= 4 is 21.5 Å². The second-order valence-corrected chi connectivity index (χ2v) is 10.3. The van der Waals surface area contributed by atoms with Crippen molar-refractivity contribution in [3.8, 4) is 23.3 Å². The predicted molar refractivity (Wildman–Crippen MR) is 151 cm³/mol. The van der Waals surface area contributed by atoms with Gasteiger partial charge >= 0.3 is 0 Å². The second-order valence-electron chi connectivity index (χ2n) is 10.3. The zero-order valence-corrected chi connectivity index (χ0v) is 20.4. The highest BCUT2D eigenvalue weighted by Gasteiger charge is 2.41. The number of hydrogen-bond donors (Lipinski definition) is 0. The molecule has 6 aromatic carbocycles. The number of fused-ring (bicyclic) bond motifs is 3. The van der Waals surface area contributed by atoms with Crippen molar-refractivity contribution in [1.82, 2.24) is 0 Å². The molecule has 2 unspecified atom stereocenters. The SMILES string of the molecule is N#Cc1ccc2c(c1)C1c3ccccc3C2c2cc(C#N)c(-c3cccc4c3ccc3ccccc34)cc21. The van der Waals surface area contributed by atoms with E-state index in [1.165, 1.54) is 49.5 Å². The Morgan fingerprint density at radius 2 is 1.13 bits per heavy atom. The van der Waals surface area contributed by atoms with E-state index in [4.69, 9.17) is 0 Å². The summed E-state index contributed by atoms with van der Waals surface area (Å²) in [6, 6.07) is 43.2. The third kappa shape index (κ3) is 2.70. The number of benzene rings is 6. The molecule has 38 heavy (non-hydrogen) atoms. The first-order chi connectivity index (χ1) is 18.8. The molecule has 2 atom stereocenters. The molecule has 174 valence electrons. The molecule has 2 bridgehead atoms. The number of hydrogen-bond acceptors (Lipinski definition) is 2. The summed E-state index contributed by atoms with van der Waals surface area (Å²) in [5.41, 5.74) is 10.9. The Morgan fingerprint density at radius 3 is 1.95 bits per heavy atom. The van der Waals surface area contributed by atoms with Gasteiger partial charge in [0.05, 0.1) is 23.3 Å². The van der Waals surface area contributed by atoms with E-state index in [2.05, 4.69) is 115 Å². The van der Waals surface area contributed by atoms with Crippen molar-refractivity contribution in [2.45, 2.75) is 11.8 Å². The minimum Gasteiger partial charge on any atom is -0.192 e. The molecule has 2 heteroatoms. The van der Waals surface area contributed by atoms with E-state index < -0.39 is 0 Å². The topological polar surface area (TPSA) is 47.6 Å². The lowest BCUT2D eigenvalue weighted by atomic mass is 9.60. The van der Waals surface area contributed by atoms with E-state index in [0.29, 0.717) is 11.1 Å². The maximum atomic E-state index is 10.4. The van der Waals surface area contributed by atoms with Crippen LogP contribution in [0, 0.1) is 22.7 Å². The molecule has 3 aliphatic rings. The van der Waals surface area contributed by atoms with Gasteiger partial charge in [-0.25, -0.2) is 0 Å². The summed E-state index contributed by atoms with van der Waals surface area (Å²) in [5, 5.41) is 24.8. The van der Waals surface area contributed by atoms with Crippen molar-refractivity contribution in [3.63, 3.8) is 0 Å². The molecule has 0 heterocycles. The van der Waals surface area contributed by atoms with Gasteiger partial charge in [-0.15, -0.1) is 0 Å². The van der Waals surface area contributed by atoms with Gasteiger partial charge in [0.2, 0.25) is 0 Å². The number of rotatable bonds is 1. The molecule has 0 amide bonds. The van der Waals surface area contributed by atoms with Crippen LogP contribution in [0.1, 0.15) is 56.3 Å². The summed E-state index contributed by atoms with van der Waals surface area (Å²) in [6.45, 7) is 0. The minimum absolute atomic E-state index is 0.0387. The first-order valence-corrected chi connectivity index (χ1v) is 12.9. The Kier molecular flexibility index (Phi) is 4.22. The van der Waals surface area contributed by atoms with Crippen LogP contribution in [0.3, 0.4) is 0 Å². The summed E-state index contributed by atoms with van der Waals surface area (Å²) in [4.78, 5) is 0. The normalized spacial score (nSPS) is 16.4. The Labute approximate surface area is 220 Å². The Balaban J connectivity index is 1.43. The molecule has 0 N–H and O–H groups in total. The molecule has 0 fully saturated rings. The monoisotopic (exact) mass is 480 g/mol. The Hall–Kier alpha value is -5.18. The van der Waals surface area contributed by atoms with Gasteiger partial charge in [-0.1, -0.05) is 84.9 Å². The molecule has 6 aromatic rings. The molecule has 0 aliphatic heterocycles. The second kappa shape index (κ2) is 7.66. The molecular formula is C36H20N2. The standard InChI is InChI=1S/C36H20N2/c37-19-21-12-14-30-32(16-21)36-29-9-4-3-8-28(29)35(30)33-17-23(20-38)31(18-34(33)36)26-11-5-10-25-24-7-2-1-6-22(24)13-15-27(25)26/h1-18,35-36H. The molecule has 9 rings (SSSR count). The van der Waals surface area contributed by atoms with Gasteiger partial charge in [0.25, 0.3) is 0 Å².